The van der Waals surface area contributed by atoms with Crippen molar-refractivity contribution in [1.29, 1.82) is 0 Å². The van der Waals surface area contributed by atoms with E-state index in [4.69, 9.17) is 0 Å². The minimum atomic E-state index is -4.30. The van der Waals surface area contributed by atoms with Crippen LogP contribution in [-0.4, -0.2) is 21.5 Å². The van der Waals surface area contributed by atoms with Crippen molar-refractivity contribution in [3.8, 4) is 0 Å². The van der Waals surface area contributed by atoms with Crippen molar-refractivity contribution < 1.29 is 13.2 Å². The molecule has 2 aromatic rings. The second kappa shape index (κ2) is 6.71. The highest BCUT2D eigenvalue weighted by atomic mass is 19.4. The Bertz CT molecular complexity index is 560. The summed E-state index contributed by atoms with van der Waals surface area (Å²) in [4.78, 5) is 0. The summed E-state index contributed by atoms with van der Waals surface area (Å²) >= 11 is 0. The van der Waals surface area contributed by atoms with Gasteiger partial charge in [0.25, 0.3) is 0 Å². The third-order valence-electron chi connectivity index (χ3n) is 2.94. The van der Waals surface area contributed by atoms with Crippen LogP contribution in [0.5, 0.6) is 0 Å². The minimum absolute atomic E-state index is 0.402. The molecular weight excluding hydrogens is 281 g/mol. The molecule has 1 N–H and O–H groups in total. The molecule has 1 aromatic heterocycles. The number of rotatable bonds is 6. The maximum absolute atomic E-state index is 12.5. The van der Waals surface area contributed by atoms with Crippen LogP contribution in [0.4, 0.5) is 13.2 Å². The average Bonchev–Trinajstić information content (AvgIpc) is 2.86. The van der Waals surface area contributed by atoms with E-state index in [1.54, 1.807) is 10.9 Å². The van der Waals surface area contributed by atoms with Gasteiger partial charge in [0, 0.05) is 6.54 Å². The Hall–Kier alpha value is -1.89. The van der Waals surface area contributed by atoms with Gasteiger partial charge in [0.2, 0.25) is 0 Å². The first-order valence-corrected chi connectivity index (χ1v) is 6.75. The molecule has 7 heteroatoms. The average molecular weight is 298 g/mol. The van der Waals surface area contributed by atoms with E-state index in [0.717, 1.165) is 36.4 Å². The fourth-order valence-corrected chi connectivity index (χ4v) is 1.88. The molecule has 0 bridgehead atoms. The highest BCUT2D eigenvalue weighted by Gasteiger charge is 2.29. The Morgan fingerprint density at radius 1 is 1.19 bits per heavy atom. The summed E-state index contributed by atoms with van der Waals surface area (Å²) < 4.78 is 39.0. The lowest BCUT2D eigenvalue weighted by Crippen LogP contribution is -2.13. The lowest BCUT2D eigenvalue weighted by molar-refractivity contribution is -0.137. The molecule has 1 aromatic carbocycles. The number of hydrogen-bond acceptors (Lipinski definition) is 3. The molecule has 0 saturated carbocycles. The van der Waals surface area contributed by atoms with Crippen LogP contribution in [0.1, 0.15) is 30.2 Å². The van der Waals surface area contributed by atoms with E-state index < -0.39 is 11.7 Å². The van der Waals surface area contributed by atoms with Gasteiger partial charge < -0.3 is 5.32 Å². The zero-order valence-electron chi connectivity index (χ0n) is 11.7. The first kappa shape index (κ1) is 15.5. The second-order valence-electron chi connectivity index (χ2n) is 4.78. The Morgan fingerprint density at radius 3 is 2.52 bits per heavy atom. The quantitative estimate of drug-likeness (QED) is 0.834. The molecule has 0 atom stereocenters. The van der Waals surface area contributed by atoms with Crippen LogP contribution in [0.3, 0.4) is 0 Å². The molecule has 0 saturated heterocycles. The molecular formula is C14H17F3N4. The van der Waals surface area contributed by atoms with Crippen molar-refractivity contribution in [1.82, 2.24) is 20.3 Å². The minimum Gasteiger partial charge on any atom is -0.311 e. The van der Waals surface area contributed by atoms with Crippen molar-refractivity contribution in [2.75, 3.05) is 6.54 Å². The molecule has 4 nitrogen and oxygen atoms in total. The largest absolute Gasteiger partial charge is 0.416 e. The van der Waals surface area contributed by atoms with Gasteiger partial charge in [0.05, 0.1) is 24.0 Å². The van der Waals surface area contributed by atoms with Gasteiger partial charge in [-0.3, -0.25) is 0 Å². The monoisotopic (exact) mass is 298 g/mol. The molecule has 1 heterocycles. The number of aromatic nitrogens is 3. The van der Waals surface area contributed by atoms with Gasteiger partial charge in [-0.2, -0.15) is 13.2 Å². The Labute approximate surface area is 121 Å². The van der Waals surface area contributed by atoms with Crippen LogP contribution in [0.15, 0.2) is 30.5 Å². The summed E-state index contributed by atoms with van der Waals surface area (Å²) in [6, 6.07) is 5.07. The van der Waals surface area contributed by atoms with Crippen LogP contribution in [0.2, 0.25) is 0 Å². The molecule has 0 amide bonds. The van der Waals surface area contributed by atoms with Gasteiger partial charge in [0.1, 0.15) is 0 Å². The number of benzene rings is 1. The molecule has 2 rings (SSSR count). The summed E-state index contributed by atoms with van der Waals surface area (Å²) in [5.41, 5.74) is 0.922. The van der Waals surface area contributed by atoms with Crippen LogP contribution in [0, 0.1) is 0 Å². The first-order chi connectivity index (χ1) is 9.99. The molecule has 0 aliphatic carbocycles. The highest BCUT2D eigenvalue weighted by molar-refractivity contribution is 5.24. The number of hydrogen-bond donors (Lipinski definition) is 1. The maximum atomic E-state index is 12.5. The normalized spacial score (nSPS) is 11.8. The molecule has 0 fully saturated rings. The third kappa shape index (κ3) is 4.56. The van der Waals surface area contributed by atoms with E-state index >= 15 is 0 Å². The van der Waals surface area contributed by atoms with Crippen molar-refractivity contribution in [2.45, 2.75) is 32.6 Å². The fraction of sp³-hybridized carbons (Fsp3) is 0.429. The zero-order chi connectivity index (χ0) is 15.3. The number of alkyl halides is 3. The fourth-order valence-electron chi connectivity index (χ4n) is 1.88. The van der Waals surface area contributed by atoms with Gasteiger partial charge in [0.15, 0.2) is 0 Å². The summed E-state index contributed by atoms with van der Waals surface area (Å²) in [6.45, 7) is 4.03. The molecule has 0 radical (unpaired) electrons. The van der Waals surface area contributed by atoms with Crippen LogP contribution in [-0.2, 0) is 19.3 Å². The summed E-state index contributed by atoms with van der Waals surface area (Å²) in [7, 11) is 0. The van der Waals surface area contributed by atoms with E-state index in [-0.39, 0.29) is 0 Å². The molecule has 21 heavy (non-hydrogen) atoms. The number of nitrogens with one attached hydrogen (secondary N) is 1. The lowest BCUT2D eigenvalue weighted by Gasteiger charge is -2.07. The number of halogens is 3. The second-order valence-corrected chi connectivity index (χ2v) is 4.78. The van der Waals surface area contributed by atoms with E-state index in [1.165, 1.54) is 12.1 Å². The van der Waals surface area contributed by atoms with Gasteiger partial charge in [-0.1, -0.05) is 24.3 Å². The molecule has 0 aliphatic heterocycles. The number of nitrogens with zero attached hydrogens (tertiary/aromatic N) is 3. The van der Waals surface area contributed by atoms with Crippen molar-refractivity contribution in [2.24, 2.45) is 0 Å². The summed E-state index contributed by atoms with van der Waals surface area (Å²) in [5.74, 6) is 0. The van der Waals surface area contributed by atoms with Gasteiger partial charge >= 0.3 is 6.18 Å². The first-order valence-electron chi connectivity index (χ1n) is 6.75. The van der Waals surface area contributed by atoms with Gasteiger partial charge in [-0.05, 0) is 30.7 Å². The van der Waals surface area contributed by atoms with Crippen LogP contribution >= 0.6 is 0 Å². The van der Waals surface area contributed by atoms with Crippen molar-refractivity contribution in [3.05, 3.63) is 47.3 Å². The topological polar surface area (TPSA) is 42.7 Å². The molecule has 0 spiro atoms. The standard InChI is InChI=1S/C14H17F3N4/c1-2-7-18-8-13-10-21(20-19-13)9-11-3-5-12(6-4-11)14(15,16)17/h3-6,10,18H,2,7-9H2,1H3. The van der Waals surface area contributed by atoms with E-state index in [1.807, 2.05) is 0 Å². The lowest BCUT2D eigenvalue weighted by atomic mass is 10.1. The van der Waals surface area contributed by atoms with Gasteiger partial charge in [-0.15, -0.1) is 5.10 Å². The Balaban J connectivity index is 1.95. The van der Waals surface area contributed by atoms with Crippen molar-refractivity contribution >= 4 is 0 Å². The Morgan fingerprint density at radius 2 is 1.90 bits per heavy atom. The van der Waals surface area contributed by atoms with E-state index in [9.17, 15) is 13.2 Å². The maximum Gasteiger partial charge on any atom is 0.416 e. The van der Waals surface area contributed by atoms with Crippen LogP contribution in [0.25, 0.3) is 0 Å². The van der Waals surface area contributed by atoms with E-state index in [0.29, 0.717) is 13.1 Å². The van der Waals surface area contributed by atoms with Crippen molar-refractivity contribution in [3.63, 3.8) is 0 Å². The van der Waals surface area contributed by atoms with Crippen LogP contribution < -0.4 is 5.32 Å². The molecule has 114 valence electrons. The Kier molecular flexibility index (Phi) is 4.95. The SMILES string of the molecule is CCCNCc1cn(Cc2ccc(C(F)(F)F)cc2)nn1. The summed E-state index contributed by atoms with van der Waals surface area (Å²) in [6.07, 6.45) is -1.47. The predicted octanol–water partition coefficient (Wildman–Crippen LogP) is 2.84. The summed E-state index contributed by atoms with van der Waals surface area (Å²) in [5, 5.41) is 11.2. The molecule has 0 aliphatic rings. The third-order valence-corrected chi connectivity index (χ3v) is 2.94. The molecule has 0 unspecified atom stereocenters. The van der Waals surface area contributed by atoms with Gasteiger partial charge in [-0.25, -0.2) is 4.68 Å². The predicted molar refractivity (Wildman–Crippen MR) is 72.6 cm³/mol. The highest BCUT2D eigenvalue weighted by Crippen LogP contribution is 2.29. The zero-order valence-corrected chi connectivity index (χ0v) is 11.7. The smallest absolute Gasteiger partial charge is 0.311 e. The van der Waals surface area contributed by atoms with E-state index in [2.05, 4.69) is 22.6 Å².